The molecule has 0 aliphatic carbocycles. The second-order valence-corrected chi connectivity index (χ2v) is 3.53. The minimum absolute atomic E-state index is 0.713. The van der Waals surface area contributed by atoms with Crippen LogP contribution in [0.3, 0.4) is 0 Å². The van der Waals surface area contributed by atoms with Crippen molar-refractivity contribution in [3.8, 4) is 11.6 Å². The van der Waals surface area contributed by atoms with Crippen LogP contribution in [0.2, 0.25) is 0 Å². The summed E-state index contributed by atoms with van der Waals surface area (Å²) in [5, 5.41) is 10.7. The van der Waals surface area contributed by atoms with Gasteiger partial charge in [0.05, 0.1) is 4.92 Å². The van der Waals surface area contributed by atoms with Gasteiger partial charge in [-0.25, -0.2) is 4.98 Å². The normalized spacial score (nSPS) is 12.1. The average molecular weight is 320 g/mol. The van der Waals surface area contributed by atoms with Crippen LogP contribution in [0.1, 0.15) is 0 Å². The number of aromatic nitrogens is 1. The smallest absolute Gasteiger partial charge is 0.422 e. The highest BCUT2D eigenvalue weighted by Gasteiger charge is 2.34. The maximum absolute atomic E-state index is 12.0. The van der Waals surface area contributed by atoms with Crippen molar-refractivity contribution in [1.29, 1.82) is 0 Å². The molecule has 0 atom stereocenters. The Morgan fingerprint density at radius 3 is 2.10 bits per heavy atom. The maximum Gasteiger partial charge on any atom is 0.422 e. The number of alkyl halides is 6. The summed E-state index contributed by atoms with van der Waals surface area (Å²) in [6, 6.07) is 0.713. The van der Waals surface area contributed by atoms with E-state index in [0.29, 0.717) is 6.07 Å². The van der Waals surface area contributed by atoms with E-state index in [2.05, 4.69) is 14.5 Å². The predicted octanol–water partition coefficient (Wildman–Crippen LogP) is 2.87. The number of hydrogen-bond donors (Lipinski definition) is 0. The molecule has 0 aliphatic rings. The molecule has 0 aromatic carbocycles. The van der Waals surface area contributed by atoms with E-state index in [1.165, 1.54) is 0 Å². The van der Waals surface area contributed by atoms with Gasteiger partial charge in [0.25, 0.3) is 5.88 Å². The lowest BCUT2D eigenvalue weighted by atomic mass is 10.3. The summed E-state index contributed by atoms with van der Waals surface area (Å²) >= 11 is 0. The summed E-state index contributed by atoms with van der Waals surface area (Å²) in [7, 11) is 0. The van der Waals surface area contributed by atoms with Gasteiger partial charge >= 0.3 is 18.0 Å². The standard InChI is InChI=1S/C9H6F6N2O4/c10-8(11,12)3-20-5-1-2-16-7(6(5)17(18)19)21-4-9(13,14)15/h1-2H,3-4H2. The molecule has 0 radical (unpaired) electrons. The van der Waals surface area contributed by atoms with Gasteiger partial charge in [0.2, 0.25) is 5.75 Å². The molecule has 0 aliphatic heterocycles. The maximum atomic E-state index is 12.0. The van der Waals surface area contributed by atoms with E-state index < -0.39 is 47.8 Å². The molecule has 1 aromatic heterocycles. The highest BCUT2D eigenvalue weighted by molar-refractivity contribution is 5.53. The molecule has 0 saturated carbocycles. The summed E-state index contributed by atoms with van der Waals surface area (Å²) < 4.78 is 80.2. The van der Waals surface area contributed by atoms with E-state index in [9.17, 15) is 36.5 Å². The lowest BCUT2D eigenvalue weighted by Gasteiger charge is -2.12. The zero-order chi connectivity index (χ0) is 16.3. The largest absolute Gasteiger partial charge is 0.477 e. The molecule has 0 spiro atoms. The first kappa shape index (κ1) is 16.8. The van der Waals surface area contributed by atoms with Crippen molar-refractivity contribution in [2.45, 2.75) is 12.4 Å². The van der Waals surface area contributed by atoms with E-state index >= 15 is 0 Å². The topological polar surface area (TPSA) is 74.5 Å². The second-order valence-electron chi connectivity index (χ2n) is 3.53. The minimum Gasteiger partial charge on any atom is -0.477 e. The van der Waals surface area contributed by atoms with Gasteiger partial charge in [-0.1, -0.05) is 0 Å². The van der Waals surface area contributed by atoms with Crippen molar-refractivity contribution in [2.75, 3.05) is 13.2 Å². The third kappa shape index (κ3) is 5.71. The van der Waals surface area contributed by atoms with E-state index in [-0.39, 0.29) is 0 Å². The van der Waals surface area contributed by atoms with Crippen molar-refractivity contribution in [1.82, 2.24) is 4.98 Å². The van der Waals surface area contributed by atoms with Crippen LogP contribution >= 0.6 is 0 Å². The van der Waals surface area contributed by atoms with Crippen LogP contribution in [-0.4, -0.2) is 35.5 Å². The summed E-state index contributed by atoms with van der Waals surface area (Å²) in [6.07, 6.45) is -8.84. The summed E-state index contributed by atoms with van der Waals surface area (Å²) in [5.41, 5.74) is -1.22. The third-order valence-corrected chi connectivity index (χ3v) is 1.80. The Hall–Kier alpha value is -2.27. The summed E-state index contributed by atoms with van der Waals surface area (Å²) in [6.45, 7) is -3.74. The van der Waals surface area contributed by atoms with Crippen molar-refractivity contribution in [3.63, 3.8) is 0 Å². The lowest BCUT2D eigenvalue weighted by molar-refractivity contribution is -0.387. The van der Waals surface area contributed by atoms with Crippen molar-refractivity contribution in [3.05, 3.63) is 22.4 Å². The van der Waals surface area contributed by atoms with Gasteiger partial charge in [0.15, 0.2) is 13.2 Å². The second kappa shape index (κ2) is 6.01. The van der Waals surface area contributed by atoms with Crippen LogP contribution in [0.4, 0.5) is 32.0 Å². The number of ether oxygens (including phenoxy) is 2. The predicted molar refractivity (Wildman–Crippen MR) is 54.0 cm³/mol. The Labute approximate surface area is 112 Å². The fourth-order valence-electron chi connectivity index (χ4n) is 1.12. The van der Waals surface area contributed by atoms with Gasteiger partial charge in [0, 0.05) is 12.3 Å². The van der Waals surface area contributed by atoms with Crippen molar-refractivity contribution in [2.24, 2.45) is 0 Å². The third-order valence-electron chi connectivity index (χ3n) is 1.80. The summed E-state index contributed by atoms with van der Waals surface area (Å²) in [4.78, 5) is 12.7. The molecule has 1 aromatic rings. The quantitative estimate of drug-likeness (QED) is 0.474. The Balaban J connectivity index is 3.01. The lowest BCUT2D eigenvalue weighted by Crippen LogP contribution is -2.21. The fraction of sp³-hybridized carbons (Fsp3) is 0.444. The molecular weight excluding hydrogens is 314 g/mol. The van der Waals surface area contributed by atoms with Gasteiger partial charge in [-0.05, 0) is 0 Å². The number of rotatable bonds is 5. The van der Waals surface area contributed by atoms with Crippen molar-refractivity contribution < 1.29 is 40.7 Å². The number of halogens is 6. The molecule has 0 fully saturated rings. The molecule has 1 heterocycles. The molecule has 1 rings (SSSR count). The first-order chi connectivity index (χ1) is 9.49. The first-order valence-corrected chi connectivity index (χ1v) is 5.02. The minimum atomic E-state index is -4.79. The van der Waals surface area contributed by atoms with Crippen LogP contribution in [-0.2, 0) is 0 Å². The molecule has 21 heavy (non-hydrogen) atoms. The summed E-state index contributed by atoms with van der Waals surface area (Å²) in [5.74, 6) is -1.98. The molecular formula is C9H6F6N2O4. The first-order valence-electron chi connectivity index (χ1n) is 5.02. The molecule has 118 valence electrons. The van der Waals surface area contributed by atoms with Gasteiger partial charge in [0.1, 0.15) is 0 Å². The highest BCUT2D eigenvalue weighted by Crippen LogP contribution is 2.36. The monoisotopic (exact) mass is 320 g/mol. The number of hydrogen-bond acceptors (Lipinski definition) is 5. The van der Waals surface area contributed by atoms with Crippen LogP contribution in [0.25, 0.3) is 0 Å². The zero-order valence-corrected chi connectivity index (χ0v) is 9.86. The highest BCUT2D eigenvalue weighted by atomic mass is 19.4. The van der Waals surface area contributed by atoms with E-state index in [4.69, 9.17) is 0 Å². The van der Waals surface area contributed by atoms with Crippen molar-refractivity contribution >= 4 is 5.69 Å². The SMILES string of the molecule is O=[N+]([O-])c1c(OCC(F)(F)F)ccnc1OCC(F)(F)F. The molecule has 0 N–H and O–H groups in total. The number of nitro groups is 1. The Morgan fingerprint density at radius 1 is 1.10 bits per heavy atom. The molecule has 6 nitrogen and oxygen atoms in total. The zero-order valence-electron chi connectivity index (χ0n) is 9.86. The molecule has 0 amide bonds. The van der Waals surface area contributed by atoms with Crippen LogP contribution in [0, 0.1) is 10.1 Å². The van der Waals surface area contributed by atoms with Crippen LogP contribution in [0.5, 0.6) is 11.6 Å². The Kier molecular flexibility index (Phi) is 4.80. The van der Waals surface area contributed by atoms with Gasteiger partial charge in [-0.2, -0.15) is 26.3 Å². The Bertz CT molecular complexity index is 480. The van der Waals surface area contributed by atoms with Crippen LogP contribution in [0.15, 0.2) is 12.3 Å². The molecule has 12 heteroatoms. The van der Waals surface area contributed by atoms with Gasteiger partial charge < -0.3 is 9.47 Å². The van der Waals surface area contributed by atoms with Gasteiger partial charge in [-0.15, -0.1) is 0 Å². The van der Waals surface area contributed by atoms with Crippen LogP contribution < -0.4 is 9.47 Å². The Morgan fingerprint density at radius 2 is 1.62 bits per heavy atom. The fourth-order valence-corrected chi connectivity index (χ4v) is 1.12. The molecule has 0 unspecified atom stereocenters. The number of nitrogens with zero attached hydrogens (tertiary/aromatic N) is 2. The average Bonchev–Trinajstić information content (AvgIpc) is 2.31. The van der Waals surface area contributed by atoms with Gasteiger partial charge in [-0.3, -0.25) is 10.1 Å². The molecule has 0 bridgehead atoms. The number of pyridine rings is 1. The molecule has 0 saturated heterocycles. The van der Waals surface area contributed by atoms with E-state index in [1.807, 2.05) is 0 Å². The van der Waals surface area contributed by atoms with E-state index in [0.717, 1.165) is 6.20 Å². The van der Waals surface area contributed by atoms with E-state index in [1.54, 1.807) is 0 Å².